The summed E-state index contributed by atoms with van der Waals surface area (Å²) in [6.07, 6.45) is -7.27. The maximum atomic E-state index is 13.6. The van der Waals surface area contributed by atoms with Gasteiger partial charge in [-0.3, -0.25) is 9.97 Å². The Morgan fingerprint density at radius 3 is 1.85 bits per heavy atom. The molecule has 2 aromatic heterocycles. The summed E-state index contributed by atoms with van der Waals surface area (Å²) in [6, 6.07) is 8.53. The number of rotatable bonds is 2. The minimum absolute atomic E-state index is 0.0575. The largest absolute Gasteiger partial charge is 0.417 e. The Hall–Kier alpha value is -2.90. The Kier molecular flexibility index (Phi) is 4.67. The van der Waals surface area contributed by atoms with Crippen molar-refractivity contribution in [3.63, 3.8) is 0 Å². The predicted molar refractivity (Wildman–Crippen MR) is 87.6 cm³/mol. The molecule has 1 aromatic carbocycles. The molecule has 3 aromatic rings. The van der Waals surface area contributed by atoms with Crippen LogP contribution in [0, 0.1) is 6.92 Å². The predicted octanol–water partition coefficient (Wildman–Crippen LogP) is 6.16. The second kappa shape index (κ2) is 6.68. The molecule has 0 aliphatic carbocycles. The lowest BCUT2D eigenvalue weighted by Crippen LogP contribution is -2.15. The molecule has 140 valence electrons. The van der Waals surface area contributed by atoms with Crippen LogP contribution in [0.3, 0.4) is 0 Å². The van der Waals surface area contributed by atoms with Crippen LogP contribution in [0.1, 0.15) is 16.7 Å². The molecule has 27 heavy (non-hydrogen) atoms. The van der Waals surface area contributed by atoms with E-state index in [-0.39, 0.29) is 22.5 Å². The number of benzene rings is 1. The van der Waals surface area contributed by atoms with E-state index in [9.17, 15) is 26.3 Å². The summed E-state index contributed by atoms with van der Waals surface area (Å²) in [4.78, 5) is 8.01. The molecule has 2 nitrogen and oxygen atoms in total. The minimum Gasteiger partial charge on any atom is -0.255 e. The van der Waals surface area contributed by atoms with Crippen LogP contribution >= 0.6 is 0 Å². The van der Waals surface area contributed by atoms with Crippen LogP contribution in [0.15, 0.2) is 54.9 Å². The van der Waals surface area contributed by atoms with E-state index in [0.717, 1.165) is 0 Å². The molecule has 0 aliphatic heterocycles. The molecule has 2 heterocycles. The third kappa shape index (κ3) is 3.79. The van der Waals surface area contributed by atoms with E-state index in [1.807, 2.05) is 0 Å². The fourth-order valence-corrected chi connectivity index (χ4v) is 2.84. The summed E-state index contributed by atoms with van der Waals surface area (Å²) in [5.74, 6) is 0. The zero-order valence-corrected chi connectivity index (χ0v) is 13.9. The number of alkyl halides is 6. The van der Waals surface area contributed by atoms with Crippen molar-refractivity contribution in [1.29, 1.82) is 0 Å². The highest BCUT2D eigenvalue weighted by molar-refractivity contribution is 5.83. The van der Waals surface area contributed by atoms with Crippen molar-refractivity contribution < 1.29 is 26.3 Å². The molecule has 0 spiro atoms. The zero-order valence-electron chi connectivity index (χ0n) is 13.9. The molecule has 0 amide bonds. The summed E-state index contributed by atoms with van der Waals surface area (Å²) in [5, 5.41) is 0. The van der Waals surface area contributed by atoms with E-state index < -0.39 is 29.0 Å². The van der Waals surface area contributed by atoms with E-state index >= 15 is 0 Å². The van der Waals surface area contributed by atoms with Crippen LogP contribution in [0.5, 0.6) is 0 Å². The lowest BCUT2D eigenvalue weighted by Gasteiger charge is -2.21. The highest BCUT2D eigenvalue weighted by atomic mass is 19.4. The van der Waals surface area contributed by atoms with Crippen molar-refractivity contribution >= 4 is 0 Å². The van der Waals surface area contributed by atoms with Gasteiger partial charge in [-0.25, -0.2) is 0 Å². The van der Waals surface area contributed by atoms with Crippen LogP contribution in [0.2, 0.25) is 0 Å². The topological polar surface area (TPSA) is 25.8 Å². The lowest BCUT2D eigenvalue weighted by atomic mass is 9.90. The van der Waals surface area contributed by atoms with Crippen molar-refractivity contribution in [3.05, 3.63) is 71.5 Å². The van der Waals surface area contributed by atoms with Gasteiger partial charge in [0, 0.05) is 23.5 Å². The van der Waals surface area contributed by atoms with E-state index in [2.05, 4.69) is 9.97 Å². The van der Waals surface area contributed by atoms with Crippen molar-refractivity contribution in [2.24, 2.45) is 0 Å². The molecule has 0 saturated heterocycles. The van der Waals surface area contributed by atoms with Gasteiger partial charge in [0.25, 0.3) is 0 Å². The average molecular weight is 382 g/mol. The fourth-order valence-electron chi connectivity index (χ4n) is 2.84. The SMILES string of the molecule is Cc1cc(C(F)(F)F)c(-c2cccnc2-c2ccccn2)c(C(F)(F)F)c1. The summed E-state index contributed by atoms with van der Waals surface area (Å²) >= 11 is 0. The van der Waals surface area contributed by atoms with Gasteiger partial charge in [-0.1, -0.05) is 12.1 Å². The van der Waals surface area contributed by atoms with Crippen LogP contribution in [-0.4, -0.2) is 9.97 Å². The smallest absolute Gasteiger partial charge is 0.255 e. The Balaban J connectivity index is 2.42. The van der Waals surface area contributed by atoms with E-state index in [1.54, 1.807) is 12.1 Å². The first kappa shape index (κ1) is 18.9. The van der Waals surface area contributed by atoms with Gasteiger partial charge in [0.2, 0.25) is 0 Å². The van der Waals surface area contributed by atoms with Crippen molar-refractivity contribution in [3.8, 4) is 22.5 Å². The molecule has 8 heteroatoms. The lowest BCUT2D eigenvalue weighted by molar-refractivity contribution is -0.142. The van der Waals surface area contributed by atoms with Gasteiger partial charge in [0.05, 0.1) is 22.5 Å². The molecule has 0 unspecified atom stereocenters. The number of hydrogen-bond donors (Lipinski definition) is 0. The monoisotopic (exact) mass is 382 g/mol. The van der Waals surface area contributed by atoms with Gasteiger partial charge in [-0.15, -0.1) is 0 Å². The third-order valence-electron chi connectivity index (χ3n) is 3.88. The van der Waals surface area contributed by atoms with Gasteiger partial charge in [0.15, 0.2) is 0 Å². The van der Waals surface area contributed by atoms with E-state index in [1.165, 1.54) is 37.5 Å². The first-order chi connectivity index (χ1) is 12.6. The number of hydrogen-bond acceptors (Lipinski definition) is 2. The van der Waals surface area contributed by atoms with E-state index in [0.29, 0.717) is 12.1 Å². The summed E-state index contributed by atoms with van der Waals surface area (Å²) in [7, 11) is 0. The van der Waals surface area contributed by atoms with Crippen molar-refractivity contribution in [2.45, 2.75) is 19.3 Å². The maximum Gasteiger partial charge on any atom is 0.417 e. The van der Waals surface area contributed by atoms with Crippen LogP contribution < -0.4 is 0 Å². The average Bonchev–Trinajstić information content (AvgIpc) is 2.60. The van der Waals surface area contributed by atoms with Gasteiger partial charge in [-0.05, 0) is 42.8 Å². The molecule has 0 bridgehead atoms. The molecular formula is C19H12F6N2. The fraction of sp³-hybridized carbons (Fsp3) is 0.158. The molecule has 0 N–H and O–H groups in total. The zero-order chi connectivity index (χ0) is 19.8. The first-order valence-corrected chi connectivity index (χ1v) is 7.75. The summed E-state index contributed by atoms with van der Waals surface area (Å²) < 4.78 is 81.7. The molecule has 0 aliphatic rings. The number of aromatic nitrogens is 2. The molecule has 0 atom stereocenters. The summed E-state index contributed by atoms with van der Waals surface area (Å²) in [6.45, 7) is 1.19. The standard InChI is InChI=1S/C19H12F6N2/c1-11-9-13(18(20,21)22)16(14(10-11)19(23,24)25)12-5-4-8-27-17(12)15-6-2-3-7-26-15/h2-10H,1H3. The van der Waals surface area contributed by atoms with Gasteiger partial charge < -0.3 is 0 Å². The number of nitrogens with zero attached hydrogens (tertiary/aromatic N) is 2. The number of halogens is 6. The Bertz CT molecular complexity index is 927. The summed E-state index contributed by atoms with van der Waals surface area (Å²) in [5.41, 5.74) is -3.97. The Morgan fingerprint density at radius 2 is 1.33 bits per heavy atom. The highest BCUT2D eigenvalue weighted by Gasteiger charge is 2.42. The van der Waals surface area contributed by atoms with E-state index in [4.69, 9.17) is 0 Å². The number of aryl methyl sites for hydroxylation is 1. The van der Waals surface area contributed by atoms with Gasteiger partial charge in [0.1, 0.15) is 0 Å². The van der Waals surface area contributed by atoms with Crippen LogP contribution in [-0.2, 0) is 12.4 Å². The van der Waals surface area contributed by atoms with Crippen LogP contribution in [0.4, 0.5) is 26.3 Å². The van der Waals surface area contributed by atoms with Crippen molar-refractivity contribution in [2.75, 3.05) is 0 Å². The number of pyridine rings is 2. The first-order valence-electron chi connectivity index (χ1n) is 7.75. The molecule has 0 fully saturated rings. The minimum atomic E-state index is -4.97. The third-order valence-corrected chi connectivity index (χ3v) is 3.88. The Morgan fingerprint density at radius 1 is 0.741 bits per heavy atom. The van der Waals surface area contributed by atoms with Gasteiger partial charge >= 0.3 is 12.4 Å². The Labute approximate surface area is 150 Å². The maximum absolute atomic E-state index is 13.6. The molecule has 0 saturated carbocycles. The second-order valence-corrected chi connectivity index (χ2v) is 5.85. The van der Waals surface area contributed by atoms with Crippen molar-refractivity contribution in [1.82, 2.24) is 9.97 Å². The quantitative estimate of drug-likeness (QED) is 0.497. The molecular weight excluding hydrogens is 370 g/mol. The van der Waals surface area contributed by atoms with Gasteiger partial charge in [-0.2, -0.15) is 26.3 Å². The normalized spacial score (nSPS) is 12.3. The second-order valence-electron chi connectivity index (χ2n) is 5.85. The van der Waals surface area contributed by atoms with Crippen LogP contribution in [0.25, 0.3) is 22.5 Å². The molecule has 0 radical (unpaired) electrons. The highest BCUT2D eigenvalue weighted by Crippen LogP contribution is 2.46. The molecule has 3 rings (SSSR count).